The molecule has 0 fully saturated rings. The number of aromatic nitrogens is 2. The molecule has 1 heterocycles. The number of ether oxygens (including phenoxy) is 1. The fourth-order valence-corrected chi connectivity index (χ4v) is 1.07. The highest BCUT2D eigenvalue weighted by molar-refractivity contribution is 9.10. The van der Waals surface area contributed by atoms with Gasteiger partial charge in [0, 0.05) is 0 Å². The third-order valence-electron chi connectivity index (χ3n) is 1.27. The second-order valence-electron chi connectivity index (χ2n) is 2.09. The molecule has 0 aliphatic rings. The van der Waals surface area contributed by atoms with E-state index in [9.17, 15) is 14.4 Å². The Morgan fingerprint density at radius 3 is 2.54 bits per heavy atom. The van der Waals surface area contributed by atoms with Crippen molar-refractivity contribution in [1.29, 1.82) is 0 Å². The molecular weight excluding hydrogens is 244 g/mol. The lowest BCUT2D eigenvalue weighted by Crippen LogP contribution is -2.27. The minimum absolute atomic E-state index is 0.0565. The van der Waals surface area contributed by atoms with E-state index in [-0.39, 0.29) is 10.2 Å². The summed E-state index contributed by atoms with van der Waals surface area (Å²) in [5.74, 6) is -0.782. The van der Waals surface area contributed by atoms with Crippen LogP contribution in [-0.4, -0.2) is 23.0 Å². The van der Waals surface area contributed by atoms with Crippen LogP contribution in [0, 0.1) is 0 Å². The molecule has 6 nitrogen and oxygen atoms in total. The van der Waals surface area contributed by atoms with Crippen molar-refractivity contribution >= 4 is 21.9 Å². The average Bonchev–Trinajstić information content (AvgIpc) is 2.10. The number of halogens is 1. The lowest BCUT2D eigenvalue weighted by molar-refractivity contribution is 0.0592. The van der Waals surface area contributed by atoms with Crippen LogP contribution >= 0.6 is 15.9 Å². The van der Waals surface area contributed by atoms with Crippen molar-refractivity contribution in [1.82, 2.24) is 9.97 Å². The summed E-state index contributed by atoms with van der Waals surface area (Å²) in [5, 5.41) is 0. The van der Waals surface area contributed by atoms with Crippen molar-refractivity contribution in [3.05, 3.63) is 31.0 Å². The summed E-state index contributed by atoms with van der Waals surface area (Å²) in [6, 6.07) is 0. The number of carbonyl (C=O) groups excluding carboxylic acids is 1. The molecule has 1 rings (SSSR count). The van der Waals surface area contributed by atoms with Gasteiger partial charge in [-0.15, -0.1) is 0 Å². The summed E-state index contributed by atoms with van der Waals surface area (Å²) in [4.78, 5) is 36.7. The zero-order valence-electron chi connectivity index (χ0n) is 6.51. The van der Waals surface area contributed by atoms with Crippen LogP contribution in [0.4, 0.5) is 0 Å². The van der Waals surface area contributed by atoms with Crippen molar-refractivity contribution in [2.24, 2.45) is 0 Å². The Morgan fingerprint density at radius 1 is 1.38 bits per heavy atom. The van der Waals surface area contributed by atoms with E-state index in [2.05, 4.69) is 25.7 Å². The lowest BCUT2D eigenvalue weighted by Gasteiger charge is -1.99. The molecule has 2 N–H and O–H groups in total. The number of H-pyrrole nitrogens is 2. The van der Waals surface area contributed by atoms with Crippen LogP contribution in [0.3, 0.4) is 0 Å². The molecule has 70 valence electrons. The highest BCUT2D eigenvalue weighted by Gasteiger charge is 2.14. The van der Waals surface area contributed by atoms with Gasteiger partial charge in [-0.05, 0) is 15.9 Å². The van der Waals surface area contributed by atoms with Crippen LogP contribution in [-0.2, 0) is 4.74 Å². The number of hydrogen-bond acceptors (Lipinski definition) is 4. The molecule has 1 aromatic heterocycles. The van der Waals surface area contributed by atoms with Crippen LogP contribution in [0.5, 0.6) is 0 Å². The van der Waals surface area contributed by atoms with E-state index in [0.717, 1.165) is 7.11 Å². The predicted molar refractivity (Wildman–Crippen MR) is 46.7 cm³/mol. The van der Waals surface area contributed by atoms with Gasteiger partial charge < -0.3 is 9.72 Å². The van der Waals surface area contributed by atoms with Crippen molar-refractivity contribution < 1.29 is 9.53 Å². The average molecular weight is 249 g/mol. The van der Waals surface area contributed by atoms with E-state index in [1.54, 1.807) is 0 Å². The molecule has 0 bridgehead atoms. The van der Waals surface area contributed by atoms with Crippen LogP contribution in [0.2, 0.25) is 0 Å². The van der Waals surface area contributed by atoms with Gasteiger partial charge in [-0.25, -0.2) is 9.59 Å². The molecule has 0 aliphatic carbocycles. The summed E-state index contributed by atoms with van der Waals surface area (Å²) in [5.41, 5.74) is -1.63. The summed E-state index contributed by atoms with van der Waals surface area (Å²) >= 11 is 2.84. The Balaban J connectivity index is 3.46. The van der Waals surface area contributed by atoms with Crippen LogP contribution in [0.1, 0.15) is 10.5 Å². The Bertz CT molecular complexity index is 447. The summed E-state index contributed by atoms with van der Waals surface area (Å²) in [7, 11) is 1.15. The quantitative estimate of drug-likeness (QED) is 0.663. The summed E-state index contributed by atoms with van der Waals surface area (Å²) in [6.07, 6.45) is 0. The third kappa shape index (κ3) is 1.86. The number of hydrogen-bond donors (Lipinski definition) is 2. The zero-order chi connectivity index (χ0) is 10.0. The first-order chi connectivity index (χ1) is 6.06. The molecule has 0 aromatic carbocycles. The standard InChI is InChI=1S/C6H5BrN2O4/c1-13-5(11)3-2(7)4(10)9-6(12)8-3/h1H3,(H2,8,9,10,12). The molecular formula is C6H5BrN2O4. The van der Waals surface area contributed by atoms with E-state index in [0.29, 0.717) is 0 Å². The molecule has 0 spiro atoms. The van der Waals surface area contributed by atoms with Crippen molar-refractivity contribution in [2.45, 2.75) is 0 Å². The normalized spacial score (nSPS) is 9.69. The smallest absolute Gasteiger partial charge is 0.356 e. The van der Waals surface area contributed by atoms with Gasteiger partial charge in [0.25, 0.3) is 5.56 Å². The Morgan fingerprint density at radius 2 is 2.00 bits per heavy atom. The second kappa shape index (κ2) is 3.56. The minimum Gasteiger partial charge on any atom is -0.464 e. The molecule has 0 saturated heterocycles. The fourth-order valence-electron chi connectivity index (χ4n) is 0.714. The monoisotopic (exact) mass is 248 g/mol. The predicted octanol–water partition coefficient (Wildman–Crippen LogP) is -0.388. The Hall–Kier alpha value is -1.37. The summed E-state index contributed by atoms with van der Waals surface area (Å²) < 4.78 is 4.28. The van der Waals surface area contributed by atoms with Gasteiger partial charge in [0.2, 0.25) is 0 Å². The van der Waals surface area contributed by atoms with Crippen molar-refractivity contribution in [3.8, 4) is 0 Å². The molecule has 0 atom stereocenters. The van der Waals surface area contributed by atoms with Crippen LogP contribution < -0.4 is 11.2 Å². The van der Waals surface area contributed by atoms with Gasteiger partial charge in [0.15, 0.2) is 0 Å². The van der Waals surface area contributed by atoms with Gasteiger partial charge in [0.1, 0.15) is 10.2 Å². The highest BCUT2D eigenvalue weighted by atomic mass is 79.9. The largest absolute Gasteiger partial charge is 0.464 e. The topological polar surface area (TPSA) is 92.0 Å². The van der Waals surface area contributed by atoms with Crippen molar-refractivity contribution in [3.63, 3.8) is 0 Å². The number of esters is 1. The van der Waals surface area contributed by atoms with Gasteiger partial charge in [0.05, 0.1) is 7.11 Å². The van der Waals surface area contributed by atoms with E-state index in [1.807, 2.05) is 4.98 Å². The maximum Gasteiger partial charge on any atom is 0.356 e. The number of carbonyl (C=O) groups is 1. The minimum atomic E-state index is -0.782. The first-order valence-corrected chi connectivity index (χ1v) is 3.96. The number of nitrogens with one attached hydrogen (secondary N) is 2. The fraction of sp³-hybridized carbons (Fsp3) is 0.167. The molecule has 0 aliphatic heterocycles. The molecule has 1 aromatic rings. The molecule has 0 saturated carbocycles. The van der Waals surface area contributed by atoms with E-state index < -0.39 is 17.2 Å². The van der Waals surface area contributed by atoms with Gasteiger partial charge in [-0.1, -0.05) is 0 Å². The van der Waals surface area contributed by atoms with Gasteiger partial charge in [-0.2, -0.15) is 0 Å². The molecule has 13 heavy (non-hydrogen) atoms. The first-order valence-electron chi connectivity index (χ1n) is 3.16. The zero-order valence-corrected chi connectivity index (χ0v) is 8.10. The second-order valence-corrected chi connectivity index (χ2v) is 2.88. The third-order valence-corrected chi connectivity index (χ3v) is 2.03. The first kappa shape index (κ1) is 9.72. The van der Waals surface area contributed by atoms with E-state index in [4.69, 9.17) is 0 Å². The Kier molecular flexibility index (Phi) is 2.66. The number of rotatable bonds is 1. The Labute approximate surface area is 80.1 Å². The number of methoxy groups -OCH3 is 1. The van der Waals surface area contributed by atoms with Crippen LogP contribution in [0.25, 0.3) is 0 Å². The summed E-state index contributed by atoms with van der Waals surface area (Å²) in [6.45, 7) is 0. The van der Waals surface area contributed by atoms with E-state index in [1.165, 1.54) is 0 Å². The molecule has 0 unspecified atom stereocenters. The SMILES string of the molecule is COC(=O)c1[nH]c(=O)[nH]c(=O)c1Br. The van der Waals surface area contributed by atoms with E-state index >= 15 is 0 Å². The van der Waals surface area contributed by atoms with Crippen molar-refractivity contribution in [2.75, 3.05) is 7.11 Å². The molecule has 0 amide bonds. The van der Waals surface area contributed by atoms with Gasteiger partial charge in [-0.3, -0.25) is 9.78 Å². The molecule has 0 radical (unpaired) electrons. The number of aromatic amines is 2. The lowest BCUT2D eigenvalue weighted by atomic mass is 10.4. The maximum absolute atomic E-state index is 11.0. The van der Waals surface area contributed by atoms with Crippen LogP contribution in [0.15, 0.2) is 14.1 Å². The van der Waals surface area contributed by atoms with Gasteiger partial charge >= 0.3 is 11.7 Å². The molecule has 7 heteroatoms. The highest BCUT2D eigenvalue weighted by Crippen LogP contribution is 2.06. The maximum atomic E-state index is 11.0.